The Morgan fingerprint density at radius 1 is 1.22 bits per heavy atom. The number of hydrogen-bond donors (Lipinski definition) is 0. The summed E-state index contributed by atoms with van der Waals surface area (Å²) in [6, 6.07) is 10.7. The average Bonchev–Trinajstić information content (AvgIpc) is 2.69. The molecule has 1 aliphatic heterocycles. The Hall–Kier alpha value is -1.88. The molecule has 0 saturated carbocycles. The number of rotatable bonds is 3. The SMILES string of the molecule is COc1ccc(CN2C(=O)c3c(F)cc(Br)cc3C2(C)C)cc1. The first-order valence-corrected chi connectivity index (χ1v) is 8.08. The van der Waals surface area contributed by atoms with Gasteiger partial charge in [0.05, 0.1) is 18.2 Å². The molecule has 2 aromatic rings. The van der Waals surface area contributed by atoms with Gasteiger partial charge in [-0.05, 0) is 49.2 Å². The molecule has 5 heteroatoms. The van der Waals surface area contributed by atoms with Gasteiger partial charge < -0.3 is 9.64 Å². The minimum Gasteiger partial charge on any atom is -0.497 e. The first kappa shape index (κ1) is 16.0. The molecule has 0 aromatic heterocycles. The predicted octanol–water partition coefficient (Wildman–Crippen LogP) is 4.49. The van der Waals surface area contributed by atoms with Crippen LogP contribution in [-0.4, -0.2) is 17.9 Å². The maximum absolute atomic E-state index is 14.3. The molecule has 2 aromatic carbocycles. The second-order valence-corrected chi connectivity index (χ2v) is 7.02. The van der Waals surface area contributed by atoms with Gasteiger partial charge in [-0.25, -0.2) is 4.39 Å². The van der Waals surface area contributed by atoms with E-state index in [1.54, 1.807) is 12.0 Å². The molecule has 0 unspecified atom stereocenters. The number of fused-ring (bicyclic) bond motifs is 1. The monoisotopic (exact) mass is 377 g/mol. The maximum Gasteiger partial charge on any atom is 0.258 e. The van der Waals surface area contributed by atoms with Gasteiger partial charge in [0.15, 0.2) is 0 Å². The highest BCUT2D eigenvalue weighted by Crippen LogP contribution is 2.42. The van der Waals surface area contributed by atoms with Gasteiger partial charge in [-0.1, -0.05) is 28.1 Å². The van der Waals surface area contributed by atoms with E-state index in [-0.39, 0.29) is 11.5 Å². The van der Waals surface area contributed by atoms with E-state index in [4.69, 9.17) is 4.74 Å². The predicted molar refractivity (Wildman–Crippen MR) is 90.0 cm³/mol. The van der Waals surface area contributed by atoms with Crippen molar-refractivity contribution in [3.8, 4) is 5.75 Å². The summed E-state index contributed by atoms with van der Waals surface area (Å²) in [6.45, 7) is 4.29. The Morgan fingerprint density at radius 2 is 1.87 bits per heavy atom. The van der Waals surface area contributed by atoms with Crippen LogP contribution in [0.4, 0.5) is 4.39 Å². The van der Waals surface area contributed by atoms with Crippen LogP contribution in [0.2, 0.25) is 0 Å². The van der Waals surface area contributed by atoms with Crippen molar-refractivity contribution in [2.45, 2.75) is 25.9 Å². The summed E-state index contributed by atoms with van der Waals surface area (Å²) in [4.78, 5) is 14.4. The van der Waals surface area contributed by atoms with Crippen LogP contribution in [0.25, 0.3) is 0 Å². The van der Waals surface area contributed by atoms with Gasteiger partial charge in [0.1, 0.15) is 11.6 Å². The molecular weight excluding hydrogens is 361 g/mol. The Labute approximate surface area is 143 Å². The van der Waals surface area contributed by atoms with Crippen LogP contribution in [-0.2, 0) is 12.1 Å². The van der Waals surface area contributed by atoms with E-state index in [1.165, 1.54) is 6.07 Å². The number of benzene rings is 2. The second kappa shape index (κ2) is 5.64. The molecular formula is C18H17BrFNO2. The molecule has 1 amide bonds. The van der Waals surface area contributed by atoms with Crippen molar-refractivity contribution in [1.29, 1.82) is 0 Å². The van der Waals surface area contributed by atoms with Crippen molar-refractivity contribution >= 4 is 21.8 Å². The van der Waals surface area contributed by atoms with Gasteiger partial charge in [0, 0.05) is 11.0 Å². The Morgan fingerprint density at radius 3 is 2.48 bits per heavy atom. The highest BCUT2D eigenvalue weighted by atomic mass is 79.9. The molecule has 120 valence electrons. The lowest BCUT2D eigenvalue weighted by Gasteiger charge is -2.32. The lowest BCUT2D eigenvalue weighted by Crippen LogP contribution is -2.38. The van der Waals surface area contributed by atoms with Gasteiger partial charge in [-0.15, -0.1) is 0 Å². The molecule has 3 rings (SSSR count). The maximum atomic E-state index is 14.3. The number of methoxy groups -OCH3 is 1. The first-order valence-electron chi connectivity index (χ1n) is 7.29. The molecule has 0 radical (unpaired) electrons. The van der Waals surface area contributed by atoms with Crippen LogP contribution in [0, 0.1) is 5.82 Å². The van der Waals surface area contributed by atoms with Gasteiger partial charge in [0.25, 0.3) is 5.91 Å². The van der Waals surface area contributed by atoms with Gasteiger partial charge >= 0.3 is 0 Å². The van der Waals surface area contributed by atoms with E-state index in [2.05, 4.69) is 15.9 Å². The largest absolute Gasteiger partial charge is 0.497 e. The van der Waals surface area contributed by atoms with E-state index in [1.807, 2.05) is 44.2 Å². The number of ether oxygens (including phenoxy) is 1. The molecule has 0 aliphatic carbocycles. The molecule has 0 N–H and O–H groups in total. The highest BCUT2D eigenvalue weighted by molar-refractivity contribution is 9.10. The molecule has 3 nitrogen and oxygen atoms in total. The Bertz CT molecular complexity index is 771. The average molecular weight is 378 g/mol. The summed E-state index contributed by atoms with van der Waals surface area (Å²) in [7, 11) is 1.61. The zero-order chi connectivity index (χ0) is 16.8. The van der Waals surface area contributed by atoms with E-state index in [0.29, 0.717) is 16.6 Å². The van der Waals surface area contributed by atoms with Crippen molar-refractivity contribution in [1.82, 2.24) is 4.90 Å². The van der Waals surface area contributed by atoms with Crippen molar-refractivity contribution in [3.63, 3.8) is 0 Å². The Kier molecular flexibility index (Phi) is 3.92. The second-order valence-electron chi connectivity index (χ2n) is 6.11. The fourth-order valence-corrected chi connectivity index (χ4v) is 3.42. The van der Waals surface area contributed by atoms with Crippen molar-refractivity contribution in [2.24, 2.45) is 0 Å². The molecule has 0 saturated heterocycles. The van der Waals surface area contributed by atoms with Crippen molar-refractivity contribution in [3.05, 3.63) is 63.4 Å². The van der Waals surface area contributed by atoms with Crippen LogP contribution in [0.15, 0.2) is 40.9 Å². The van der Waals surface area contributed by atoms with Crippen LogP contribution < -0.4 is 4.74 Å². The molecule has 0 bridgehead atoms. The minimum absolute atomic E-state index is 0.173. The third-order valence-electron chi connectivity index (χ3n) is 4.35. The van der Waals surface area contributed by atoms with Crippen LogP contribution in [0.5, 0.6) is 5.75 Å². The van der Waals surface area contributed by atoms with E-state index >= 15 is 0 Å². The quantitative estimate of drug-likeness (QED) is 0.788. The number of amides is 1. The molecule has 1 heterocycles. The molecule has 0 spiro atoms. The van der Waals surface area contributed by atoms with E-state index < -0.39 is 11.4 Å². The third kappa shape index (κ3) is 2.63. The lowest BCUT2D eigenvalue weighted by atomic mass is 9.93. The fraction of sp³-hybridized carbons (Fsp3) is 0.278. The summed E-state index contributed by atoms with van der Waals surface area (Å²) in [5.74, 6) is 0.00881. The van der Waals surface area contributed by atoms with Crippen LogP contribution in [0.3, 0.4) is 0 Å². The summed E-state index contributed by atoms with van der Waals surface area (Å²) >= 11 is 3.31. The number of halogens is 2. The summed E-state index contributed by atoms with van der Waals surface area (Å²) in [5.41, 5.74) is 1.28. The summed E-state index contributed by atoms with van der Waals surface area (Å²) in [6.07, 6.45) is 0. The third-order valence-corrected chi connectivity index (χ3v) is 4.81. The number of hydrogen-bond acceptors (Lipinski definition) is 2. The lowest BCUT2D eigenvalue weighted by molar-refractivity contribution is 0.0593. The summed E-state index contributed by atoms with van der Waals surface area (Å²) in [5, 5.41) is 0. The molecule has 23 heavy (non-hydrogen) atoms. The zero-order valence-electron chi connectivity index (χ0n) is 13.2. The zero-order valence-corrected chi connectivity index (χ0v) is 14.8. The minimum atomic E-state index is -0.572. The summed E-state index contributed by atoms with van der Waals surface area (Å²) < 4.78 is 20.0. The molecule has 0 atom stereocenters. The number of nitrogens with zero attached hydrogens (tertiary/aromatic N) is 1. The number of carbonyl (C=O) groups is 1. The first-order chi connectivity index (χ1) is 10.8. The highest BCUT2D eigenvalue weighted by Gasteiger charge is 2.44. The normalized spacial score (nSPS) is 15.7. The Balaban J connectivity index is 1.98. The van der Waals surface area contributed by atoms with Crippen LogP contribution >= 0.6 is 15.9 Å². The van der Waals surface area contributed by atoms with Crippen molar-refractivity contribution in [2.75, 3.05) is 7.11 Å². The number of carbonyl (C=O) groups excluding carboxylic acids is 1. The fourth-order valence-electron chi connectivity index (χ4n) is 2.99. The molecule has 1 aliphatic rings. The van der Waals surface area contributed by atoms with Gasteiger partial charge in [0.2, 0.25) is 0 Å². The topological polar surface area (TPSA) is 29.5 Å². The van der Waals surface area contributed by atoms with E-state index in [9.17, 15) is 9.18 Å². The van der Waals surface area contributed by atoms with Crippen LogP contribution in [0.1, 0.15) is 35.3 Å². The van der Waals surface area contributed by atoms with Gasteiger partial charge in [-0.3, -0.25) is 4.79 Å². The smallest absolute Gasteiger partial charge is 0.258 e. The molecule has 0 fully saturated rings. The standard InChI is InChI=1S/C18H17BrFNO2/c1-18(2)14-8-12(19)9-15(20)16(14)17(22)21(18)10-11-4-6-13(23-3)7-5-11/h4-9H,10H2,1-3H3. The van der Waals surface area contributed by atoms with Gasteiger partial charge in [-0.2, -0.15) is 0 Å². The van der Waals surface area contributed by atoms with E-state index in [0.717, 1.165) is 11.3 Å². The van der Waals surface area contributed by atoms with Crippen molar-refractivity contribution < 1.29 is 13.9 Å².